The zero-order chi connectivity index (χ0) is 14.5. The molecular weight excluding hydrogens is 278 g/mol. The van der Waals surface area contributed by atoms with Gasteiger partial charge in [0.15, 0.2) is 11.5 Å². The molecule has 1 fully saturated rings. The molecule has 0 spiro atoms. The van der Waals surface area contributed by atoms with Crippen LogP contribution in [0, 0.1) is 5.92 Å². The molecule has 2 atom stereocenters. The Hall–Kier alpha value is -0.970. The second-order valence-corrected chi connectivity index (χ2v) is 5.39. The highest BCUT2D eigenvalue weighted by Gasteiger charge is 2.26. The van der Waals surface area contributed by atoms with E-state index in [1.54, 1.807) is 14.2 Å². The predicted octanol–water partition coefficient (Wildman–Crippen LogP) is 3.04. The van der Waals surface area contributed by atoms with E-state index in [4.69, 9.17) is 25.8 Å². The number of benzene rings is 1. The molecule has 20 heavy (non-hydrogen) atoms. The lowest BCUT2D eigenvalue weighted by atomic mass is 9.88. The average molecular weight is 300 g/mol. The van der Waals surface area contributed by atoms with Gasteiger partial charge in [-0.25, -0.2) is 0 Å². The van der Waals surface area contributed by atoms with Crippen LogP contribution in [-0.2, 0) is 4.74 Å². The van der Waals surface area contributed by atoms with Crippen LogP contribution in [0.1, 0.15) is 24.4 Å². The molecule has 112 valence electrons. The van der Waals surface area contributed by atoms with E-state index in [1.165, 1.54) is 0 Å². The molecule has 0 aliphatic carbocycles. The van der Waals surface area contributed by atoms with Gasteiger partial charge in [-0.05, 0) is 37.6 Å². The summed E-state index contributed by atoms with van der Waals surface area (Å²) < 4.78 is 16.2. The van der Waals surface area contributed by atoms with Gasteiger partial charge in [0.05, 0.1) is 25.8 Å². The Morgan fingerprint density at radius 2 is 2.15 bits per heavy atom. The fraction of sp³-hybridized carbons (Fsp3) is 0.600. The summed E-state index contributed by atoms with van der Waals surface area (Å²) in [7, 11) is 5.17. The van der Waals surface area contributed by atoms with E-state index in [-0.39, 0.29) is 6.04 Å². The molecule has 1 aromatic rings. The molecule has 0 aromatic heterocycles. The zero-order valence-electron chi connectivity index (χ0n) is 12.2. The normalized spacial score (nSPS) is 20.5. The monoisotopic (exact) mass is 299 g/mol. The van der Waals surface area contributed by atoms with Crippen molar-refractivity contribution in [2.24, 2.45) is 5.92 Å². The van der Waals surface area contributed by atoms with Crippen LogP contribution in [0.15, 0.2) is 12.1 Å². The van der Waals surface area contributed by atoms with E-state index in [0.717, 1.165) is 31.6 Å². The summed E-state index contributed by atoms with van der Waals surface area (Å²) in [6.45, 7) is 1.64. The first kappa shape index (κ1) is 15.4. The molecule has 0 saturated carbocycles. The SMILES string of the molecule is CNC(c1cc(Cl)c(OC)c(OC)c1)C1CCCOC1. The summed E-state index contributed by atoms with van der Waals surface area (Å²) in [5, 5.41) is 3.94. The highest BCUT2D eigenvalue weighted by molar-refractivity contribution is 6.32. The van der Waals surface area contributed by atoms with Gasteiger partial charge in [-0.15, -0.1) is 0 Å². The fourth-order valence-electron chi connectivity index (χ4n) is 2.82. The van der Waals surface area contributed by atoms with Crippen molar-refractivity contribution < 1.29 is 14.2 Å². The van der Waals surface area contributed by atoms with E-state index < -0.39 is 0 Å². The van der Waals surface area contributed by atoms with Crippen LogP contribution < -0.4 is 14.8 Å². The Morgan fingerprint density at radius 3 is 2.70 bits per heavy atom. The number of hydrogen-bond donors (Lipinski definition) is 1. The minimum absolute atomic E-state index is 0.201. The first-order valence-corrected chi connectivity index (χ1v) is 7.25. The van der Waals surface area contributed by atoms with Crippen LogP contribution in [0.3, 0.4) is 0 Å². The average Bonchev–Trinajstić information content (AvgIpc) is 2.48. The summed E-state index contributed by atoms with van der Waals surface area (Å²) in [4.78, 5) is 0. The molecule has 0 amide bonds. The highest BCUT2D eigenvalue weighted by atomic mass is 35.5. The highest BCUT2D eigenvalue weighted by Crippen LogP contribution is 2.39. The van der Waals surface area contributed by atoms with Gasteiger partial charge in [0.25, 0.3) is 0 Å². The van der Waals surface area contributed by atoms with Crippen LogP contribution in [-0.4, -0.2) is 34.5 Å². The van der Waals surface area contributed by atoms with Gasteiger partial charge in [0.2, 0.25) is 0 Å². The Labute approximate surface area is 125 Å². The van der Waals surface area contributed by atoms with E-state index >= 15 is 0 Å². The molecule has 0 radical (unpaired) electrons. The van der Waals surface area contributed by atoms with Crippen molar-refractivity contribution in [3.05, 3.63) is 22.7 Å². The van der Waals surface area contributed by atoms with E-state index in [0.29, 0.717) is 22.4 Å². The molecule has 1 saturated heterocycles. The van der Waals surface area contributed by atoms with Gasteiger partial charge in [0.1, 0.15) is 0 Å². The number of hydrogen-bond acceptors (Lipinski definition) is 4. The van der Waals surface area contributed by atoms with E-state index in [2.05, 4.69) is 5.32 Å². The predicted molar refractivity (Wildman–Crippen MR) is 79.9 cm³/mol. The van der Waals surface area contributed by atoms with Gasteiger partial charge in [-0.3, -0.25) is 0 Å². The van der Waals surface area contributed by atoms with Crippen LogP contribution in [0.25, 0.3) is 0 Å². The summed E-state index contributed by atoms with van der Waals surface area (Å²) in [6, 6.07) is 4.13. The number of halogens is 1. The second-order valence-electron chi connectivity index (χ2n) is 4.98. The van der Waals surface area contributed by atoms with Crippen molar-refractivity contribution in [3.8, 4) is 11.5 Å². The Kier molecular flexibility index (Phi) is 5.52. The van der Waals surface area contributed by atoms with Crippen molar-refractivity contribution in [3.63, 3.8) is 0 Å². The van der Waals surface area contributed by atoms with E-state index in [1.807, 2.05) is 19.2 Å². The topological polar surface area (TPSA) is 39.7 Å². The minimum Gasteiger partial charge on any atom is -0.493 e. The van der Waals surface area contributed by atoms with E-state index in [9.17, 15) is 0 Å². The molecular formula is C15H22ClNO3. The third-order valence-electron chi connectivity index (χ3n) is 3.79. The standard InChI is InChI=1S/C15H22ClNO3/c1-17-14(10-5-4-6-20-9-10)11-7-12(16)15(19-3)13(8-11)18-2/h7-8,10,14,17H,4-6,9H2,1-3H3. The zero-order valence-corrected chi connectivity index (χ0v) is 13.0. The third kappa shape index (κ3) is 3.19. The summed E-state index contributed by atoms with van der Waals surface area (Å²) >= 11 is 6.29. The molecule has 1 aliphatic heterocycles. The summed E-state index contributed by atoms with van der Waals surface area (Å²) in [5.74, 6) is 1.68. The first-order chi connectivity index (χ1) is 9.71. The lowest BCUT2D eigenvalue weighted by Gasteiger charge is -2.30. The van der Waals surface area contributed by atoms with Gasteiger partial charge in [-0.1, -0.05) is 11.6 Å². The summed E-state index contributed by atoms with van der Waals surface area (Å²) in [5.41, 5.74) is 1.10. The van der Waals surface area contributed by atoms with Gasteiger partial charge < -0.3 is 19.5 Å². The lowest BCUT2D eigenvalue weighted by Crippen LogP contribution is -2.31. The van der Waals surface area contributed by atoms with Crippen molar-refractivity contribution in [1.82, 2.24) is 5.32 Å². The molecule has 4 nitrogen and oxygen atoms in total. The maximum Gasteiger partial charge on any atom is 0.179 e. The van der Waals surface area contributed by atoms with Gasteiger partial charge >= 0.3 is 0 Å². The number of methoxy groups -OCH3 is 2. The Bertz CT molecular complexity index is 447. The summed E-state index contributed by atoms with van der Waals surface area (Å²) in [6.07, 6.45) is 2.25. The van der Waals surface area contributed by atoms with Crippen LogP contribution in [0.2, 0.25) is 5.02 Å². The van der Waals surface area contributed by atoms with Crippen LogP contribution in [0.5, 0.6) is 11.5 Å². The van der Waals surface area contributed by atoms with Gasteiger partial charge in [-0.2, -0.15) is 0 Å². The maximum atomic E-state index is 6.29. The molecule has 1 aliphatic rings. The smallest absolute Gasteiger partial charge is 0.179 e. The number of nitrogens with one attached hydrogen (secondary N) is 1. The molecule has 2 unspecified atom stereocenters. The maximum absolute atomic E-state index is 6.29. The molecule has 5 heteroatoms. The Balaban J connectivity index is 2.31. The van der Waals surface area contributed by atoms with Crippen molar-refractivity contribution in [2.75, 3.05) is 34.5 Å². The quantitative estimate of drug-likeness (QED) is 0.907. The van der Waals surface area contributed by atoms with Gasteiger partial charge in [0, 0.05) is 18.6 Å². The lowest BCUT2D eigenvalue weighted by molar-refractivity contribution is 0.0401. The Morgan fingerprint density at radius 1 is 1.35 bits per heavy atom. The van der Waals surface area contributed by atoms with Crippen molar-refractivity contribution in [1.29, 1.82) is 0 Å². The molecule has 2 rings (SSSR count). The van der Waals surface area contributed by atoms with Crippen LogP contribution >= 0.6 is 11.6 Å². The number of ether oxygens (including phenoxy) is 3. The molecule has 1 heterocycles. The molecule has 0 bridgehead atoms. The fourth-order valence-corrected chi connectivity index (χ4v) is 3.12. The first-order valence-electron chi connectivity index (χ1n) is 6.87. The second kappa shape index (κ2) is 7.16. The van der Waals surface area contributed by atoms with Crippen molar-refractivity contribution in [2.45, 2.75) is 18.9 Å². The van der Waals surface area contributed by atoms with Crippen molar-refractivity contribution >= 4 is 11.6 Å². The number of rotatable bonds is 5. The molecule has 1 aromatic carbocycles. The molecule has 1 N–H and O–H groups in total. The third-order valence-corrected chi connectivity index (χ3v) is 4.07. The largest absolute Gasteiger partial charge is 0.493 e. The minimum atomic E-state index is 0.201. The van der Waals surface area contributed by atoms with Crippen LogP contribution in [0.4, 0.5) is 0 Å².